The van der Waals surface area contributed by atoms with Crippen LogP contribution in [0.1, 0.15) is 0 Å². The van der Waals surface area contributed by atoms with E-state index in [2.05, 4.69) is 9.98 Å². The predicted molar refractivity (Wildman–Crippen MR) is 73.8 cm³/mol. The van der Waals surface area contributed by atoms with Crippen molar-refractivity contribution in [1.82, 2.24) is 0 Å². The molecule has 0 unspecified atom stereocenters. The van der Waals surface area contributed by atoms with Gasteiger partial charge in [-0.15, -0.1) is 0 Å². The highest BCUT2D eigenvalue weighted by atomic mass is 16.2. The van der Waals surface area contributed by atoms with Gasteiger partial charge >= 0.3 is 11.8 Å². The Morgan fingerprint density at radius 2 is 1.40 bits per heavy atom. The maximum atomic E-state index is 11.5. The molecule has 0 saturated heterocycles. The van der Waals surface area contributed by atoms with Crippen LogP contribution in [0.15, 0.2) is 58.5 Å². The molecule has 0 aliphatic carbocycles. The van der Waals surface area contributed by atoms with Gasteiger partial charge in [0.25, 0.3) is 0 Å². The molecule has 0 N–H and O–H groups in total. The van der Waals surface area contributed by atoms with Gasteiger partial charge < -0.3 is 0 Å². The van der Waals surface area contributed by atoms with Crippen molar-refractivity contribution in [2.75, 3.05) is 0 Å². The topological polar surface area (TPSA) is 58.9 Å². The summed E-state index contributed by atoms with van der Waals surface area (Å²) < 4.78 is 0. The van der Waals surface area contributed by atoms with Crippen LogP contribution in [-0.2, 0) is 9.59 Å². The number of carbonyl (C=O) groups excluding carboxylic acids is 2. The number of fused-ring (bicyclic) bond motifs is 5. The fourth-order valence-corrected chi connectivity index (χ4v) is 2.58. The fraction of sp³-hybridized carbons (Fsp3) is 0. The van der Waals surface area contributed by atoms with Gasteiger partial charge in [0.15, 0.2) is 0 Å². The molecule has 4 heteroatoms. The quantitative estimate of drug-likeness (QED) is 0.452. The van der Waals surface area contributed by atoms with Gasteiger partial charge in [0, 0.05) is 5.39 Å². The second kappa shape index (κ2) is 3.81. The average Bonchev–Trinajstić information content (AvgIpc) is 2.48. The van der Waals surface area contributed by atoms with Crippen LogP contribution < -0.4 is 10.7 Å². The van der Waals surface area contributed by atoms with E-state index in [4.69, 9.17) is 0 Å². The Morgan fingerprint density at radius 3 is 2.30 bits per heavy atom. The highest BCUT2D eigenvalue weighted by Crippen LogP contribution is 2.22. The molecule has 0 radical (unpaired) electrons. The first-order valence-electron chi connectivity index (χ1n) is 6.20. The molecule has 4 rings (SSSR count). The summed E-state index contributed by atoms with van der Waals surface area (Å²) in [5, 5.41) is 4.99. The lowest BCUT2D eigenvalue weighted by atomic mass is 10.0. The fourth-order valence-electron chi connectivity index (χ4n) is 2.58. The molecule has 0 saturated carbocycles. The van der Waals surface area contributed by atoms with Crippen LogP contribution in [0.25, 0.3) is 21.5 Å². The number of amides is 2. The van der Waals surface area contributed by atoms with Gasteiger partial charge in [0.2, 0.25) is 0 Å². The Bertz CT molecular complexity index is 1040. The normalized spacial score (nSPS) is 14.0. The average molecular weight is 260 g/mol. The third kappa shape index (κ3) is 1.42. The summed E-state index contributed by atoms with van der Waals surface area (Å²) in [5.41, 5.74) is 0. The minimum atomic E-state index is -0.808. The van der Waals surface area contributed by atoms with Crippen molar-refractivity contribution >= 4 is 33.4 Å². The van der Waals surface area contributed by atoms with Crippen LogP contribution in [0.3, 0.4) is 0 Å². The largest absolute Gasteiger partial charge is 0.338 e. The van der Waals surface area contributed by atoms with Gasteiger partial charge in [0.1, 0.15) is 5.36 Å². The van der Waals surface area contributed by atoms with Gasteiger partial charge in [-0.1, -0.05) is 42.5 Å². The van der Waals surface area contributed by atoms with E-state index >= 15 is 0 Å². The van der Waals surface area contributed by atoms with E-state index in [9.17, 15) is 9.59 Å². The molecule has 1 heterocycles. The van der Waals surface area contributed by atoms with E-state index in [0.29, 0.717) is 10.7 Å². The second-order valence-electron chi connectivity index (χ2n) is 4.65. The number of hydrogen-bond acceptors (Lipinski definition) is 2. The van der Waals surface area contributed by atoms with Crippen molar-refractivity contribution in [3.8, 4) is 0 Å². The number of nitrogens with zero attached hydrogens (tertiary/aromatic N) is 2. The minimum absolute atomic E-state index is 0.456. The van der Waals surface area contributed by atoms with Gasteiger partial charge in [-0.05, 0) is 22.2 Å². The van der Waals surface area contributed by atoms with Gasteiger partial charge in [-0.2, -0.15) is 0 Å². The van der Waals surface area contributed by atoms with E-state index in [1.165, 1.54) is 0 Å². The van der Waals surface area contributed by atoms with Crippen LogP contribution in [0.4, 0.5) is 0 Å². The molecule has 20 heavy (non-hydrogen) atoms. The molecular formula is C16H8N2O2. The monoisotopic (exact) mass is 260 g/mol. The molecule has 2 amide bonds. The third-order valence-corrected chi connectivity index (χ3v) is 3.49. The summed E-state index contributed by atoms with van der Waals surface area (Å²) in [6.07, 6.45) is 0. The van der Waals surface area contributed by atoms with Gasteiger partial charge in [0.05, 0.1) is 5.36 Å². The second-order valence-corrected chi connectivity index (χ2v) is 4.65. The van der Waals surface area contributed by atoms with Crippen molar-refractivity contribution in [3.05, 3.63) is 59.2 Å². The number of carbonyl (C=O) groups is 2. The molecule has 0 fully saturated rings. The van der Waals surface area contributed by atoms with Crippen LogP contribution in [0.5, 0.6) is 0 Å². The minimum Gasteiger partial charge on any atom is -0.261 e. The summed E-state index contributed by atoms with van der Waals surface area (Å²) in [6.45, 7) is 0. The van der Waals surface area contributed by atoms with Crippen LogP contribution >= 0.6 is 0 Å². The standard InChI is InChI=1S/C16H8N2O2/c19-15-16(20)18-14-12-6-5-9-3-1-2-4-10(9)11(12)7-8-13(14)17-15/h1-8H. The zero-order valence-corrected chi connectivity index (χ0v) is 10.3. The van der Waals surface area contributed by atoms with E-state index in [0.717, 1.165) is 21.5 Å². The van der Waals surface area contributed by atoms with E-state index in [1.807, 2.05) is 42.5 Å². The first-order chi connectivity index (χ1) is 9.74. The molecular weight excluding hydrogens is 252 g/mol. The SMILES string of the molecule is O=C1N=c2ccc3c(ccc4ccccc43)c2=NC1=O. The molecule has 3 aromatic carbocycles. The van der Waals surface area contributed by atoms with Crippen molar-refractivity contribution < 1.29 is 9.59 Å². The molecule has 1 aliphatic rings. The zero-order valence-electron chi connectivity index (χ0n) is 10.3. The Morgan fingerprint density at radius 1 is 0.650 bits per heavy atom. The first-order valence-corrected chi connectivity index (χ1v) is 6.20. The highest BCUT2D eigenvalue weighted by Gasteiger charge is 2.16. The lowest BCUT2D eigenvalue weighted by molar-refractivity contribution is -0.135. The first kappa shape index (κ1) is 11.0. The lowest BCUT2D eigenvalue weighted by Gasteiger charge is -2.05. The van der Waals surface area contributed by atoms with Crippen LogP contribution in [0, 0.1) is 0 Å². The number of benzene rings is 3. The Kier molecular flexibility index (Phi) is 2.09. The van der Waals surface area contributed by atoms with E-state index in [1.54, 1.807) is 6.07 Å². The highest BCUT2D eigenvalue weighted by molar-refractivity contribution is 6.36. The predicted octanol–water partition coefficient (Wildman–Crippen LogP) is 1.30. The van der Waals surface area contributed by atoms with E-state index in [-0.39, 0.29) is 0 Å². The van der Waals surface area contributed by atoms with Crippen molar-refractivity contribution in [2.24, 2.45) is 9.98 Å². The lowest BCUT2D eigenvalue weighted by Crippen LogP contribution is -2.34. The Labute approximate surface area is 113 Å². The summed E-state index contributed by atoms with van der Waals surface area (Å²) in [4.78, 5) is 30.4. The molecule has 1 aliphatic heterocycles. The maximum absolute atomic E-state index is 11.5. The molecule has 4 nitrogen and oxygen atoms in total. The summed E-state index contributed by atoms with van der Waals surface area (Å²) in [5.74, 6) is -1.62. The van der Waals surface area contributed by atoms with Crippen molar-refractivity contribution in [3.63, 3.8) is 0 Å². The van der Waals surface area contributed by atoms with Gasteiger partial charge in [-0.3, -0.25) is 9.59 Å². The summed E-state index contributed by atoms with van der Waals surface area (Å²) in [6, 6.07) is 15.6. The third-order valence-electron chi connectivity index (χ3n) is 3.49. The zero-order chi connectivity index (χ0) is 13.7. The van der Waals surface area contributed by atoms with Crippen LogP contribution in [-0.4, -0.2) is 11.8 Å². The smallest absolute Gasteiger partial charge is 0.261 e. The molecule has 3 aromatic rings. The Balaban J connectivity index is 2.28. The van der Waals surface area contributed by atoms with Crippen molar-refractivity contribution in [1.29, 1.82) is 0 Å². The molecule has 0 atom stereocenters. The Hall–Kier alpha value is -2.88. The van der Waals surface area contributed by atoms with Crippen LogP contribution in [0.2, 0.25) is 0 Å². The summed E-state index contributed by atoms with van der Waals surface area (Å²) in [7, 11) is 0. The number of rotatable bonds is 0. The van der Waals surface area contributed by atoms with Crippen molar-refractivity contribution in [2.45, 2.75) is 0 Å². The summed E-state index contributed by atoms with van der Waals surface area (Å²) >= 11 is 0. The van der Waals surface area contributed by atoms with E-state index < -0.39 is 11.8 Å². The molecule has 0 bridgehead atoms. The molecule has 0 aromatic heterocycles. The van der Waals surface area contributed by atoms with Gasteiger partial charge in [-0.25, -0.2) is 9.98 Å². The number of hydrogen-bond donors (Lipinski definition) is 0. The molecule has 0 spiro atoms. The molecule has 94 valence electrons. The maximum Gasteiger partial charge on any atom is 0.338 e.